The molecule has 1 amide bonds. The maximum atomic E-state index is 12.2. The summed E-state index contributed by atoms with van der Waals surface area (Å²) in [4.78, 5) is 29.9. The van der Waals surface area contributed by atoms with Gasteiger partial charge in [0, 0.05) is 36.8 Å². The molecule has 1 fully saturated rings. The van der Waals surface area contributed by atoms with Gasteiger partial charge in [0.15, 0.2) is 0 Å². The van der Waals surface area contributed by atoms with Crippen molar-refractivity contribution in [3.63, 3.8) is 0 Å². The second-order valence-corrected chi connectivity index (χ2v) is 7.77. The third kappa shape index (κ3) is 4.66. The van der Waals surface area contributed by atoms with Crippen molar-refractivity contribution in [1.82, 2.24) is 20.4 Å². The largest absolute Gasteiger partial charge is 0.349 e. The monoisotopic (exact) mass is 413 g/mol. The fourth-order valence-electron chi connectivity index (χ4n) is 3.29. The van der Waals surface area contributed by atoms with Crippen LogP contribution in [-0.4, -0.2) is 45.0 Å². The SMILES string of the molecule is O=C(NC1CCN(Cc2nc(-c3cccc([N+](=O)[O-])c3)no2)CC1)c1cccs1. The molecule has 1 N–H and O–H groups in total. The van der Waals surface area contributed by atoms with Gasteiger partial charge in [0.25, 0.3) is 11.6 Å². The molecule has 0 unspecified atom stereocenters. The molecule has 4 rings (SSSR count). The summed E-state index contributed by atoms with van der Waals surface area (Å²) >= 11 is 1.44. The lowest BCUT2D eigenvalue weighted by Crippen LogP contribution is -2.44. The molecule has 0 atom stereocenters. The van der Waals surface area contributed by atoms with E-state index < -0.39 is 4.92 Å². The van der Waals surface area contributed by atoms with Gasteiger partial charge in [-0.25, -0.2) is 0 Å². The maximum absolute atomic E-state index is 12.2. The molecule has 1 saturated heterocycles. The quantitative estimate of drug-likeness (QED) is 0.488. The van der Waals surface area contributed by atoms with Gasteiger partial charge in [0.1, 0.15) is 0 Å². The van der Waals surface area contributed by atoms with Crippen molar-refractivity contribution >= 4 is 22.9 Å². The number of nitrogens with zero attached hydrogens (tertiary/aromatic N) is 4. The summed E-state index contributed by atoms with van der Waals surface area (Å²) in [6, 6.07) is 10.0. The summed E-state index contributed by atoms with van der Waals surface area (Å²) in [5, 5.41) is 19.8. The van der Waals surface area contributed by atoms with Crippen molar-refractivity contribution < 1.29 is 14.2 Å². The first-order chi connectivity index (χ1) is 14.1. The zero-order valence-corrected chi connectivity index (χ0v) is 16.3. The van der Waals surface area contributed by atoms with Gasteiger partial charge < -0.3 is 9.84 Å². The van der Waals surface area contributed by atoms with E-state index in [2.05, 4.69) is 20.4 Å². The van der Waals surface area contributed by atoms with E-state index in [4.69, 9.17) is 4.52 Å². The molecule has 0 bridgehead atoms. The van der Waals surface area contributed by atoms with Gasteiger partial charge >= 0.3 is 0 Å². The Labute approximate surface area is 170 Å². The Kier molecular flexibility index (Phi) is 5.63. The van der Waals surface area contributed by atoms with Gasteiger partial charge in [-0.2, -0.15) is 4.98 Å². The third-order valence-corrected chi connectivity index (χ3v) is 5.68. The topological polar surface area (TPSA) is 114 Å². The molecular weight excluding hydrogens is 394 g/mol. The molecular formula is C19H19N5O4S. The van der Waals surface area contributed by atoms with E-state index in [0.717, 1.165) is 30.8 Å². The van der Waals surface area contributed by atoms with Crippen LogP contribution in [-0.2, 0) is 6.54 Å². The number of hydrogen-bond acceptors (Lipinski definition) is 8. The average molecular weight is 413 g/mol. The highest BCUT2D eigenvalue weighted by Crippen LogP contribution is 2.22. The summed E-state index contributed by atoms with van der Waals surface area (Å²) in [5.41, 5.74) is 0.532. The lowest BCUT2D eigenvalue weighted by molar-refractivity contribution is -0.384. The van der Waals surface area contributed by atoms with Gasteiger partial charge in [-0.3, -0.25) is 19.8 Å². The Morgan fingerprint density at radius 3 is 2.86 bits per heavy atom. The van der Waals surface area contributed by atoms with Gasteiger partial charge in [-0.05, 0) is 24.3 Å². The molecule has 3 aromatic rings. The number of rotatable bonds is 6. The van der Waals surface area contributed by atoms with Crippen LogP contribution in [0.1, 0.15) is 28.4 Å². The van der Waals surface area contributed by atoms with E-state index in [9.17, 15) is 14.9 Å². The van der Waals surface area contributed by atoms with Crippen molar-refractivity contribution in [2.45, 2.75) is 25.4 Å². The van der Waals surface area contributed by atoms with Crippen LogP contribution in [0.25, 0.3) is 11.4 Å². The smallest absolute Gasteiger partial charge is 0.270 e. The minimum absolute atomic E-state index is 0.0134. The molecule has 2 aromatic heterocycles. The first kappa shape index (κ1) is 19.2. The number of aromatic nitrogens is 2. The molecule has 3 heterocycles. The Hall–Kier alpha value is -3.11. The number of carbonyl (C=O) groups is 1. The number of carbonyl (C=O) groups excluding carboxylic acids is 1. The molecule has 1 aromatic carbocycles. The zero-order valence-electron chi connectivity index (χ0n) is 15.5. The minimum Gasteiger partial charge on any atom is -0.349 e. The van der Waals surface area contributed by atoms with Gasteiger partial charge in [0.05, 0.1) is 16.3 Å². The van der Waals surface area contributed by atoms with Crippen LogP contribution >= 0.6 is 11.3 Å². The highest BCUT2D eigenvalue weighted by atomic mass is 32.1. The Balaban J connectivity index is 1.31. The summed E-state index contributed by atoms with van der Waals surface area (Å²) in [5.74, 6) is 0.784. The Morgan fingerprint density at radius 2 is 2.14 bits per heavy atom. The summed E-state index contributed by atoms with van der Waals surface area (Å²) in [7, 11) is 0. The number of nitro groups is 1. The second kappa shape index (κ2) is 8.50. The van der Waals surface area contributed by atoms with Crippen LogP contribution in [0, 0.1) is 10.1 Å². The molecule has 0 saturated carbocycles. The zero-order chi connectivity index (χ0) is 20.2. The normalized spacial score (nSPS) is 15.3. The van der Waals surface area contributed by atoms with E-state index in [0.29, 0.717) is 23.8 Å². The van der Waals surface area contributed by atoms with Gasteiger partial charge in [0.2, 0.25) is 11.7 Å². The lowest BCUT2D eigenvalue weighted by atomic mass is 10.0. The lowest BCUT2D eigenvalue weighted by Gasteiger charge is -2.31. The van der Waals surface area contributed by atoms with E-state index in [1.54, 1.807) is 12.1 Å². The minimum atomic E-state index is -0.453. The highest BCUT2D eigenvalue weighted by Gasteiger charge is 2.23. The standard InChI is InChI=1S/C19H19N5O4S/c25-19(16-5-2-10-29-16)20-14-6-8-23(9-7-14)12-17-21-18(22-28-17)13-3-1-4-15(11-13)24(26)27/h1-5,10-11,14H,6-9,12H2,(H,20,25). The number of amides is 1. The molecule has 0 radical (unpaired) electrons. The van der Waals surface area contributed by atoms with Gasteiger partial charge in [-0.15, -0.1) is 11.3 Å². The number of nitrogens with one attached hydrogen (secondary N) is 1. The van der Waals surface area contributed by atoms with Crippen molar-refractivity contribution in [3.05, 3.63) is 62.7 Å². The molecule has 9 nitrogen and oxygen atoms in total. The first-order valence-electron chi connectivity index (χ1n) is 9.22. The number of non-ortho nitro benzene ring substituents is 1. The number of nitro benzene ring substituents is 1. The predicted molar refractivity (Wildman–Crippen MR) is 106 cm³/mol. The van der Waals surface area contributed by atoms with Crippen molar-refractivity contribution in [2.75, 3.05) is 13.1 Å². The number of thiophene rings is 1. The molecule has 150 valence electrons. The maximum Gasteiger partial charge on any atom is 0.270 e. The van der Waals surface area contributed by atoms with Crippen molar-refractivity contribution in [1.29, 1.82) is 0 Å². The van der Waals surface area contributed by atoms with Crippen LogP contribution < -0.4 is 5.32 Å². The number of piperidine rings is 1. The number of hydrogen-bond donors (Lipinski definition) is 1. The Bertz CT molecular complexity index is 996. The fraction of sp³-hybridized carbons (Fsp3) is 0.316. The number of likely N-dealkylation sites (tertiary alicyclic amines) is 1. The highest BCUT2D eigenvalue weighted by molar-refractivity contribution is 7.12. The van der Waals surface area contributed by atoms with Crippen molar-refractivity contribution in [3.8, 4) is 11.4 Å². The van der Waals surface area contributed by atoms with E-state index in [1.165, 1.54) is 23.5 Å². The number of benzene rings is 1. The van der Waals surface area contributed by atoms with Crippen LogP contribution in [0.2, 0.25) is 0 Å². The first-order valence-corrected chi connectivity index (χ1v) is 10.1. The van der Waals surface area contributed by atoms with Crippen LogP contribution in [0.15, 0.2) is 46.3 Å². The molecule has 29 heavy (non-hydrogen) atoms. The predicted octanol–water partition coefficient (Wildman–Crippen LogP) is 3.10. The average Bonchev–Trinajstić information content (AvgIpc) is 3.42. The van der Waals surface area contributed by atoms with E-state index in [-0.39, 0.29) is 17.6 Å². The van der Waals surface area contributed by atoms with Gasteiger partial charge in [-0.1, -0.05) is 23.4 Å². The molecule has 1 aliphatic heterocycles. The molecule has 0 spiro atoms. The third-order valence-electron chi connectivity index (χ3n) is 4.81. The van der Waals surface area contributed by atoms with Crippen LogP contribution in [0.5, 0.6) is 0 Å². The molecule has 10 heteroatoms. The molecule has 1 aliphatic rings. The van der Waals surface area contributed by atoms with Crippen LogP contribution in [0.3, 0.4) is 0 Å². The molecule has 0 aliphatic carbocycles. The Morgan fingerprint density at radius 1 is 1.31 bits per heavy atom. The summed E-state index contributed by atoms with van der Waals surface area (Å²) < 4.78 is 5.32. The van der Waals surface area contributed by atoms with E-state index in [1.807, 2.05) is 17.5 Å². The summed E-state index contributed by atoms with van der Waals surface area (Å²) in [6.45, 7) is 2.13. The fourth-order valence-corrected chi connectivity index (χ4v) is 3.91. The summed E-state index contributed by atoms with van der Waals surface area (Å²) in [6.07, 6.45) is 1.70. The second-order valence-electron chi connectivity index (χ2n) is 6.82. The van der Waals surface area contributed by atoms with E-state index >= 15 is 0 Å². The van der Waals surface area contributed by atoms with Crippen molar-refractivity contribution in [2.24, 2.45) is 0 Å². The van der Waals surface area contributed by atoms with Crippen LogP contribution in [0.4, 0.5) is 5.69 Å².